The number of carbonyl (C=O) groups is 1. The molecule has 3 rings (SSSR count). The molecule has 1 atom stereocenters. The van der Waals surface area contributed by atoms with Gasteiger partial charge in [-0.25, -0.2) is 4.79 Å². The molecule has 21 heavy (non-hydrogen) atoms. The molecule has 0 amide bonds. The zero-order valence-electron chi connectivity index (χ0n) is 11.8. The molecule has 1 aliphatic rings. The van der Waals surface area contributed by atoms with E-state index in [1.54, 1.807) is 0 Å². The zero-order chi connectivity index (χ0) is 14.7. The van der Waals surface area contributed by atoms with Crippen LogP contribution in [0.4, 0.5) is 0 Å². The predicted molar refractivity (Wildman–Crippen MR) is 84.0 cm³/mol. The first-order valence-electron chi connectivity index (χ1n) is 7.28. The third kappa shape index (κ3) is 3.26. The Hall–Kier alpha value is -1.43. The summed E-state index contributed by atoms with van der Waals surface area (Å²) in [6.07, 6.45) is 2.37. The van der Waals surface area contributed by atoms with Gasteiger partial charge < -0.3 is 15.2 Å². The van der Waals surface area contributed by atoms with Gasteiger partial charge in [0.1, 0.15) is 4.88 Å². The predicted octanol–water partition coefficient (Wildman–Crippen LogP) is 3.12. The summed E-state index contributed by atoms with van der Waals surface area (Å²) >= 11 is 1.33. The van der Waals surface area contributed by atoms with E-state index in [4.69, 9.17) is 4.74 Å². The number of hydrogen-bond donors (Lipinski definition) is 2. The third-order valence-electron chi connectivity index (χ3n) is 3.89. The molecule has 1 aromatic heterocycles. The normalized spacial score (nSPS) is 19.0. The summed E-state index contributed by atoms with van der Waals surface area (Å²) in [5.74, 6) is -0.328. The highest BCUT2D eigenvalue weighted by molar-refractivity contribution is 7.21. The van der Waals surface area contributed by atoms with E-state index < -0.39 is 5.97 Å². The maximum Gasteiger partial charge on any atom is 0.346 e. The number of nitrogens with one attached hydrogen (secondary N) is 1. The Bertz CT molecular complexity index is 631. The van der Waals surface area contributed by atoms with Crippen molar-refractivity contribution in [3.05, 3.63) is 34.7 Å². The molecule has 0 radical (unpaired) electrons. The SMILES string of the molecule is O=C(O)c1sc2ccccc2c1COCC1CCCNC1. The molecular formula is C16H19NO3S. The molecule has 0 saturated carbocycles. The van der Waals surface area contributed by atoms with Crippen LogP contribution >= 0.6 is 11.3 Å². The molecule has 5 heteroatoms. The Kier molecular flexibility index (Phi) is 4.53. The second-order valence-corrected chi connectivity index (χ2v) is 6.49. The van der Waals surface area contributed by atoms with Crippen molar-refractivity contribution in [3.63, 3.8) is 0 Å². The van der Waals surface area contributed by atoms with E-state index >= 15 is 0 Å². The van der Waals surface area contributed by atoms with Gasteiger partial charge in [-0.1, -0.05) is 18.2 Å². The first-order valence-corrected chi connectivity index (χ1v) is 8.09. The van der Waals surface area contributed by atoms with E-state index in [0.717, 1.165) is 28.7 Å². The van der Waals surface area contributed by atoms with Crippen LogP contribution in [0, 0.1) is 5.92 Å². The fraction of sp³-hybridized carbons (Fsp3) is 0.438. The molecule has 1 unspecified atom stereocenters. The number of aromatic carboxylic acids is 1. The number of benzene rings is 1. The van der Waals surface area contributed by atoms with Gasteiger partial charge in [0, 0.05) is 16.8 Å². The lowest BCUT2D eigenvalue weighted by molar-refractivity contribution is 0.0673. The summed E-state index contributed by atoms with van der Waals surface area (Å²) in [7, 11) is 0. The third-order valence-corrected chi connectivity index (χ3v) is 5.09. The summed E-state index contributed by atoms with van der Waals surface area (Å²) in [5, 5.41) is 13.7. The van der Waals surface area contributed by atoms with Gasteiger partial charge in [-0.3, -0.25) is 0 Å². The van der Waals surface area contributed by atoms with Crippen LogP contribution in [0.5, 0.6) is 0 Å². The monoisotopic (exact) mass is 305 g/mol. The summed E-state index contributed by atoms with van der Waals surface area (Å²) in [5.41, 5.74) is 0.812. The van der Waals surface area contributed by atoms with Gasteiger partial charge in [0.2, 0.25) is 0 Å². The molecule has 0 spiro atoms. The molecular weight excluding hydrogens is 286 g/mol. The molecule has 1 fully saturated rings. The highest BCUT2D eigenvalue weighted by Gasteiger charge is 2.18. The minimum Gasteiger partial charge on any atom is -0.477 e. The fourth-order valence-electron chi connectivity index (χ4n) is 2.81. The van der Waals surface area contributed by atoms with Crippen LogP contribution in [0.3, 0.4) is 0 Å². The van der Waals surface area contributed by atoms with E-state index in [0.29, 0.717) is 24.0 Å². The van der Waals surface area contributed by atoms with Gasteiger partial charge >= 0.3 is 5.97 Å². The number of carboxylic acid groups (broad SMARTS) is 1. The maximum atomic E-state index is 11.4. The molecule has 2 N–H and O–H groups in total. The molecule has 2 heterocycles. The first kappa shape index (κ1) is 14.5. The summed E-state index contributed by atoms with van der Waals surface area (Å²) < 4.78 is 6.83. The van der Waals surface area contributed by atoms with Gasteiger partial charge in [0.05, 0.1) is 13.2 Å². The smallest absolute Gasteiger partial charge is 0.346 e. The molecule has 2 aromatic rings. The lowest BCUT2D eigenvalue weighted by Crippen LogP contribution is -2.32. The molecule has 0 bridgehead atoms. The Morgan fingerprint density at radius 3 is 3.05 bits per heavy atom. The van der Waals surface area contributed by atoms with Crippen molar-refractivity contribution in [2.24, 2.45) is 5.92 Å². The number of thiophene rings is 1. The van der Waals surface area contributed by atoms with Crippen molar-refractivity contribution in [1.29, 1.82) is 0 Å². The molecule has 112 valence electrons. The van der Waals surface area contributed by atoms with Crippen LogP contribution in [-0.2, 0) is 11.3 Å². The van der Waals surface area contributed by atoms with E-state index in [9.17, 15) is 9.90 Å². The lowest BCUT2D eigenvalue weighted by Gasteiger charge is -2.22. The molecule has 4 nitrogen and oxygen atoms in total. The average molecular weight is 305 g/mol. The lowest BCUT2D eigenvalue weighted by atomic mass is 10.0. The number of ether oxygens (including phenoxy) is 1. The van der Waals surface area contributed by atoms with Crippen molar-refractivity contribution in [3.8, 4) is 0 Å². The van der Waals surface area contributed by atoms with Crippen molar-refractivity contribution >= 4 is 27.4 Å². The van der Waals surface area contributed by atoms with Gasteiger partial charge in [-0.05, 0) is 36.8 Å². The van der Waals surface area contributed by atoms with Gasteiger partial charge in [-0.15, -0.1) is 11.3 Å². The van der Waals surface area contributed by atoms with E-state index in [2.05, 4.69) is 5.32 Å². The quantitative estimate of drug-likeness (QED) is 0.891. The van der Waals surface area contributed by atoms with Crippen molar-refractivity contribution < 1.29 is 14.6 Å². The maximum absolute atomic E-state index is 11.4. The van der Waals surface area contributed by atoms with Crippen LogP contribution in [0.15, 0.2) is 24.3 Å². The number of fused-ring (bicyclic) bond motifs is 1. The van der Waals surface area contributed by atoms with E-state index in [-0.39, 0.29) is 0 Å². The average Bonchev–Trinajstić information content (AvgIpc) is 2.88. The Balaban J connectivity index is 1.72. The van der Waals surface area contributed by atoms with E-state index in [1.807, 2.05) is 24.3 Å². The highest BCUT2D eigenvalue weighted by atomic mass is 32.1. The van der Waals surface area contributed by atoms with Crippen molar-refractivity contribution in [2.75, 3.05) is 19.7 Å². The first-order chi connectivity index (χ1) is 10.3. The second kappa shape index (κ2) is 6.56. The van der Waals surface area contributed by atoms with Crippen LogP contribution < -0.4 is 5.32 Å². The molecule has 1 aromatic carbocycles. The summed E-state index contributed by atoms with van der Waals surface area (Å²) in [6, 6.07) is 7.80. The Labute approximate surface area is 127 Å². The van der Waals surface area contributed by atoms with Crippen molar-refractivity contribution in [2.45, 2.75) is 19.4 Å². The summed E-state index contributed by atoms with van der Waals surface area (Å²) in [4.78, 5) is 11.8. The topological polar surface area (TPSA) is 58.6 Å². The Morgan fingerprint density at radius 1 is 1.43 bits per heavy atom. The van der Waals surface area contributed by atoms with Gasteiger partial charge in [-0.2, -0.15) is 0 Å². The molecule has 1 saturated heterocycles. The second-order valence-electron chi connectivity index (χ2n) is 5.44. The molecule has 1 aliphatic heterocycles. The number of hydrogen-bond acceptors (Lipinski definition) is 4. The minimum atomic E-state index is -0.867. The summed E-state index contributed by atoms with van der Waals surface area (Å²) in [6.45, 7) is 3.16. The largest absolute Gasteiger partial charge is 0.477 e. The van der Waals surface area contributed by atoms with Crippen molar-refractivity contribution in [1.82, 2.24) is 5.32 Å². The fourth-order valence-corrected chi connectivity index (χ4v) is 3.86. The van der Waals surface area contributed by atoms with Crippen LogP contribution in [-0.4, -0.2) is 30.8 Å². The number of carboxylic acids is 1. The van der Waals surface area contributed by atoms with Crippen LogP contribution in [0.25, 0.3) is 10.1 Å². The number of piperidine rings is 1. The van der Waals surface area contributed by atoms with Gasteiger partial charge in [0.25, 0.3) is 0 Å². The standard InChI is InChI=1S/C16H19NO3S/c18-16(19)15-13(12-5-1-2-6-14(12)21-15)10-20-9-11-4-3-7-17-8-11/h1-2,5-6,11,17H,3-4,7-10H2,(H,18,19). The Morgan fingerprint density at radius 2 is 2.29 bits per heavy atom. The zero-order valence-corrected chi connectivity index (χ0v) is 12.6. The van der Waals surface area contributed by atoms with Gasteiger partial charge in [0.15, 0.2) is 0 Å². The van der Waals surface area contributed by atoms with Crippen LogP contribution in [0.2, 0.25) is 0 Å². The van der Waals surface area contributed by atoms with Crippen LogP contribution in [0.1, 0.15) is 28.1 Å². The minimum absolute atomic E-state index is 0.377. The number of rotatable bonds is 5. The molecule has 0 aliphatic carbocycles. The highest BCUT2D eigenvalue weighted by Crippen LogP contribution is 2.32. The van der Waals surface area contributed by atoms with E-state index in [1.165, 1.54) is 24.2 Å².